The molecule has 0 saturated heterocycles. The first-order valence-corrected chi connectivity index (χ1v) is 9.02. The van der Waals surface area contributed by atoms with Crippen molar-refractivity contribution in [2.75, 3.05) is 0 Å². The minimum absolute atomic E-state index is 0.107. The monoisotopic (exact) mass is 393 g/mol. The second-order valence-corrected chi connectivity index (χ2v) is 6.96. The Balaban J connectivity index is 1.62. The molecular weight excluding hydrogens is 376 g/mol. The van der Waals surface area contributed by atoms with E-state index in [2.05, 4.69) is 0 Å². The zero-order valence-corrected chi connectivity index (χ0v) is 15.8. The van der Waals surface area contributed by atoms with Crippen LogP contribution in [-0.2, 0) is 13.5 Å². The van der Waals surface area contributed by atoms with Gasteiger partial charge in [0.2, 0.25) is 0 Å². The van der Waals surface area contributed by atoms with Crippen LogP contribution >= 0.6 is 0 Å². The Kier molecular flexibility index (Phi) is 4.62. The zero-order valence-electron chi connectivity index (χ0n) is 15.8. The van der Waals surface area contributed by atoms with E-state index in [1.807, 2.05) is 25.1 Å². The van der Waals surface area contributed by atoms with Crippen molar-refractivity contribution >= 4 is 16.9 Å². The summed E-state index contributed by atoms with van der Waals surface area (Å²) in [6, 6.07) is 14.2. The number of carbonyl (C=O) groups excluding carboxylic acids is 1. The SMILES string of the molecule is Cc1cc(-c2ccc(CC(=O)c3c(F)cccc3F)cc2)cc2oc(=O)n(C)c12. The molecule has 1 aromatic heterocycles. The number of oxazole rings is 1. The van der Waals surface area contributed by atoms with Gasteiger partial charge in [0.1, 0.15) is 11.6 Å². The predicted octanol–water partition coefficient (Wildman–Crippen LogP) is 4.81. The topological polar surface area (TPSA) is 52.2 Å². The van der Waals surface area contributed by atoms with Gasteiger partial charge in [-0.2, -0.15) is 0 Å². The molecular formula is C23H17F2NO3. The van der Waals surface area contributed by atoms with Gasteiger partial charge in [-0.25, -0.2) is 13.6 Å². The Bertz CT molecular complexity index is 1280. The van der Waals surface area contributed by atoms with Gasteiger partial charge in [0.25, 0.3) is 0 Å². The Morgan fingerprint density at radius 1 is 1.00 bits per heavy atom. The summed E-state index contributed by atoms with van der Waals surface area (Å²) in [6.07, 6.45) is -0.107. The molecule has 0 radical (unpaired) electrons. The highest BCUT2D eigenvalue weighted by Crippen LogP contribution is 2.27. The summed E-state index contributed by atoms with van der Waals surface area (Å²) in [5.41, 5.74) is 4.01. The number of Topliss-reactive ketones (excluding diaryl/α,β-unsaturated/α-hetero) is 1. The molecule has 1 heterocycles. The van der Waals surface area contributed by atoms with Crippen LogP contribution in [0.3, 0.4) is 0 Å². The fourth-order valence-corrected chi connectivity index (χ4v) is 3.53. The lowest BCUT2D eigenvalue weighted by Crippen LogP contribution is -2.09. The molecule has 0 bridgehead atoms. The molecule has 0 N–H and O–H groups in total. The fourth-order valence-electron chi connectivity index (χ4n) is 3.53. The lowest BCUT2D eigenvalue weighted by Gasteiger charge is -2.07. The highest BCUT2D eigenvalue weighted by molar-refractivity contribution is 5.98. The Labute approximate surface area is 165 Å². The van der Waals surface area contributed by atoms with E-state index in [0.717, 1.165) is 34.3 Å². The third kappa shape index (κ3) is 3.38. The van der Waals surface area contributed by atoms with E-state index in [4.69, 9.17) is 4.42 Å². The van der Waals surface area contributed by atoms with Crippen molar-refractivity contribution in [2.45, 2.75) is 13.3 Å². The number of rotatable bonds is 4. The van der Waals surface area contributed by atoms with Gasteiger partial charge in [0.15, 0.2) is 11.4 Å². The summed E-state index contributed by atoms with van der Waals surface area (Å²) in [5, 5.41) is 0. The quantitative estimate of drug-likeness (QED) is 0.468. The largest absolute Gasteiger partial charge is 0.419 e. The second-order valence-electron chi connectivity index (χ2n) is 6.96. The van der Waals surface area contributed by atoms with E-state index in [1.54, 1.807) is 25.2 Å². The number of ketones is 1. The van der Waals surface area contributed by atoms with Gasteiger partial charge in [-0.05, 0) is 53.4 Å². The van der Waals surface area contributed by atoms with E-state index in [-0.39, 0.29) is 6.42 Å². The molecule has 146 valence electrons. The Morgan fingerprint density at radius 3 is 2.31 bits per heavy atom. The summed E-state index contributed by atoms with van der Waals surface area (Å²) in [4.78, 5) is 24.1. The average Bonchev–Trinajstić information content (AvgIpc) is 2.96. The van der Waals surface area contributed by atoms with E-state index < -0.39 is 28.7 Å². The lowest BCUT2D eigenvalue weighted by molar-refractivity contribution is 0.0985. The van der Waals surface area contributed by atoms with Crippen LogP contribution in [0.2, 0.25) is 0 Å². The van der Waals surface area contributed by atoms with Crippen molar-refractivity contribution in [3.05, 3.63) is 93.5 Å². The molecule has 0 aliphatic heterocycles. The molecule has 3 aromatic carbocycles. The van der Waals surface area contributed by atoms with Crippen molar-refractivity contribution in [3.63, 3.8) is 0 Å². The van der Waals surface area contributed by atoms with Crippen LogP contribution in [0.15, 0.2) is 63.8 Å². The maximum absolute atomic E-state index is 13.8. The summed E-state index contributed by atoms with van der Waals surface area (Å²) in [7, 11) is 1.66. The first-order chi connectivity index (χ1) is 13.8. The smallest absolute Gasteiger partial charge is 0.408 e. The zero-order chi connectivity index (χ0) is 20.7. The van der Waals surface area contributed by atoms with Crippen molar-refractivity contribution in [1.82, 2.24) is 4.57 Å². The van der Waals surface area contributed by atoms with Crippen molar-refractivity contribution in [1.29, 1.82) is 0 Å². The number of nitrogens with zero attached hydrogens (tertiary/aromatic N) is 1. The molecule has 4 nitrogen and oxygen atoms in total. The third-order valence-corrected chi connectivity index (χ3v) is 4.97. The van der Waals surface area contributed by atoms with E-state index in [9.17, 15) is 18.4 Å². The van der Waals surface area contributed by atoms with Gasteiger partial charge in [-0.1, -0.05) is 30.3 Å². The molecule has 4 rings (SSSR count). The Hall–Kier alpha value is -3.54. The second kappa shape index (κ2) is 7.13. The average molecular weight is 393 g/mol. The van der Waals surface area contributed by atoms with Gasteiger partial charge in [-0.3, -0.25) is 9.36 Å². The highest BCUT2D eigenvalue weighted by atomic mass is 19.1. The summed E-state index contributed by atoms with van der Waals surface area (Å²) in [5.74, 6) is -2.76. The van der Waals surface area contributed by atoms with Gasteiger partial charge in [-0.15, -0.1) is 0 Å². The molecule has 4 aromatic rings. The fraction of sp³-hybridized carbons (Fsp3) is 0.130. The number of hydrogen-bond donors (Lipinski definition) is 0. The number of hydrogen-bond acceptors (Lipinski definition) is 3. The molecule has 0 aliphatic rings. The van der Waals surface area contributed by atoms with E-state index >= 15 is 0 Å². The maximum Gasteiger partial charge on any atom is 0.419 e. The van der Waals surface area contributed by atoms with E-state index in [0.29, 0.717) is 11.1 Å². The number of aromatic nitrogens is 1. The van der Waals surface area contributed by atoms with Crippen LogP contribution in [0.1, 0.15) is 21.5 Å². The number of fused-ring (bicyclic) bond motifs is 1. The summed E-state index contributed by atoms with van der Waals surface area (Å²) < 4.78 is 34.3. The molecule has 6 heteroatoms. The molecule has 29 heavy (non-hydrogen) atoms. The van der Waals surface area contributed by atoms with Gasteiger partial charge < -0.3 is 4.42 Å². The number of carbonyl (C=O) groups is 1. The number of aryl methyl sites for hydroxylation is 2. The maximum atomic E-state index is 13.8. The van der Waals surface area contributed by atoms with Gasteiger partial charge in [0, 0.05) is 13.5 Å². The molecule has 0 saturated carbocycles. The minimum atomic E-state index is -0.861. The molecule has 0 fully saturated rings. The predicted molar refractivity (Wildman–Crippen MR) is 106 cm³/mol. The molecule has 0 amide bonds. The van der Waals surface area contributed by atoms with Crippen LogP contribution in [-0.4, -0.2) is 10.4 Å². The van der Waals surface area contributed by atoms with Gasteiger partial charge >= 0.3 is 5.76 Å². The molecule has 0 atom stereocenters. The third-order valence-electron chi connectivity index (χ3n) is 4.97. The van der Waals surface area contributed by atoms with Gasteiger partial charge in [0.05, 0.1) is 11.1 Å². The molecule has 0 aliphatic carbocycles. The summed E-state index contributed by atoms with van der Waals surface area (Å²) >= 11 is 0. The summed E-state index contributed by atoms with van der Waals surface area (Å²) in [6.45, 7) is 1.90. The molecule has 0 spiro atoms. The van der Waals surface area contributed by atoms with Crippen molar-refractivity contribution < 1.29 is 18.0 Å². The standard InChI is InChI=1S/C23H17F2NO3/c1-13-10-16(12-20-22(13)26(2)23(28)29-20)15-8-6-14(7-9-15)11-19(27)21-17(24)4-3-5-18(21)25/h3-10,12H,11H2,1-2H3. The van der Waals surface area contributed by atoms with Crippen LogP contribution in [0.4, 0.5) is 8.78 Å². The first-order valence-electron chi connectivity index (χ1n) is 9.02. The van der Waals surface area contributed by atoms with Crippen LogP contribution in [0.25, 0.3) is 22.2 Å². The van der Waals surface area contributed by atoms with Crippen LogP contribution in [0.5, 0.6) is 0 Å². The lowest BCUT2D eigenvalue weighted by atomic mass is 9.98. The number of benzene rings is 3. The minimum Gasteiger partial charge on any atom is -0.408 e. The van der Waals surface area contributed by atoms with Crippen molar-refractivity contribution in [2.24, 2.45) is 7.05 Å². The highest BCUT2D eigenvalue weighted by Gasteiger charge is 2.17. The molecule has 0 unspecified atom stereocenters. The van der Waals surface area contributed by atoms with Crippen LogP contribution < -0.4 is 5.76 Å². The van der Waals surface area contributed by atoms with Crippen molar-refractivity contribution in [3.8, 4) is 11.1 Å². The normalized spacial score (nSPS) is 11.2. The number of halogens is 2. The van der Waals surface area contributed by atoms with E-state index in [1.165, 1.54) is 10.6 Å². The first kappa shape index (κ1) is 18.8. The van der Waals surface area contributed by atoms with Crippen LogP contribution in [0, 0.1) is 18.6 Å². The Morgan fingerprint density at radius 2 is 1.66 bits per heavy atom.